The second-order valence-corrected chi connectivity index (χ2v) is 5.35. The molecule has 0 heterocycles. The fourth-order valence-corrected chi connectivity index (χ4v) is 1.42. The van der Waals surface area contributed by atoms with Gasteiger partial charge < -0.3 is 0 Å². The molecule has 0 aliphatic heterocycles. The second kappa shape index (κ2) is 3.96. The van der Waals surface area contributed by atoms with Crippen molar-refractivity contribution in [2.24, 2.45) is 0 Å². The van der Waals surface area contributed by atoms with E-state index in [-0.39, 0.29) is 5.54 Å². The van der Waals surface area contributed by atoms with Gasteiger partial charge in [-0.25, -0.2) is 3.11 Å². The van der Waals surface area contributed by atoms with E-state index < -0.39 is 0 Å². The van der Waals surface area contributed by atoms with Gasteiger partial charge in [-0.15, -0.1) is 0 Å². The smallest absolute Gasteiger partial charge is 0.0494 e. The van der Waals surface area contributed by atoms with Crippen molar-refractivity contribution in [1.82, 2.24) is 3.11 Å². The van der Waals surface area contributed by atoms with Crippen LogP contribution in [0, 0.1) is 6.92 Å². The van der Waals surface area contributed by atoms with Crippen molar-refractivity contribution in [3.05, 3.63) is 35.4 Å². The van der Waals surface area contributed by atoms with Crippen molar-refractivity contribution in [3.8, 4) is 0 Å². The number of halogens is 1. The Bertz CT molecular complexity index is 275. The van der Waals surface area contributed by atoms with E-state index in [0.29, 0.717) is 0 Å². The lowest BCUT2D eigenvalue weighted by Gasteiger charge is -2.31. The zero-order valence-electron chi connectivity index (χ0n) is 8.63. The molecule has 0 N–H and O–H groups in total. The van der Waals surface area contributed by atoms with E-state index >= 15 is 0 Å². The highest BCUT2D eigenvalue weighted by atomic mass is 127. The summed E-state index contributed by atoms with van der Waals surface area (Å²) in [5, 5.41) is 0. The quantitative estimate of drug-likeness (QED) is 0.595. The molecule has 0 bridgehead atoms. The minimum absolute atomic E-state index is 0.105. The second-order valence-electron chi connectivity index (χ2n) is 3.90. The summed E-state index contributed by atoms with van der Waals surface area (Å²) < 4.78 is 2.20. The molecule has 2 heteroatoms. The third-order valence-corrected chi connectivity index (χ3v) is 3.73. The molecule has 1 aromatic carbocycles. The lowest BCUT2D eigenvalue weighted by molar-refractivity contribution is 0.323. The summed E-state index contributed by atoms with van der Waals surface area (Å²) >= 11 is 2.33. The maximum Gasteiger partial charge on any atom is 0.0494 e. The molecule has 0 atom stereocenters. The number of hydrogen-bond donors (Lipinski definition) is 0. The molecule has 0 saturated carbocycles. The highest BCUT2D eigenvalue weighted by Crippen LogP contribution is 2.28. The Morgan fingerprint density at radius 3 is 2.00 bits per heavy atom. The van der Waals surface area contributed by atoms with Crippen LogP contribution in [0.4, 0.5) is 0 Å². The van der Waals surface area contributed by atoms with Gasteiger partial charge >= 0.3 is 0 Å². The van der Waals surface area contributed by atoms with E-state index in [1.54, 1.807) is 0 Å². The van der Waals surface area contributed by atoms with Crippen LogP contribution in [0.2, 0.25) is 0 Å². The van der Waals surface area contributed by atoms with Crippen molar-refractivity contribution >= 4 is 22.9 Å². The highest BCUT2D eigenvalue weighted by molar-refractivity contribution is 14.1. The maximum absolute atomic E-state index is 2.33. The predicted octanol–water partition coefficient (Wildman–Crippen LogP) is 3.51. The third kappa shape index (κ3) is 2.44. The SMILES string of the molecule is Cc1ccc(C(C)(C)N(C)I)cc1. The van der Waals surface area contributed by atoms with Crippen molar-refractivity contribution < 1.29 is 0 Å². The number of nitrogens with zero attached hydrogens (tertiary/aromatic N) is 1. The molecule has 1 rings (SSSR count). The van der Waals surface area contributed by atoms with Gasteiger partial charge in [0.1, 0.15) is 0 Å². The van der Waals surface area contributed by atoms with Crippen LogP contribution in [-0.2, 0) is 5.54 Å². The van der Waals surface area contributed by atoms with E-state index in [4.69, 9.17) is 0 Å². The maximum atomic E-state index is 2.33. The lowest BCUT2D eigenvalue weighted by Crippen LogP contribution is -2.30. The van der Waals surface area contributed by atoms with E-state index in [1.165, 1.54) is 11.1 Å². The first kappa shape index (κ1) is 11.0. The van der Waals surface area contributed by atoms with E-state index in [9.17, 15) is 0 Å². The molecule has 0 aromatic heterocycles. The standard InChI is InChI=1S/C11H16IN/c1-9-5-7-10(8-6-9)11(2,3)13(4)12/h5-8H,1-4H3. The van der Waals surface area contributed by atoms with Gasteiger partial charge in [0.05, 0.1) is 0 Å². The molecule has 13 heavy (non-hydrogen) atoms. The van der Waals surface area contributed by atoms with Crippen LogP contribution in [0.5, 0.6) is 0 Å². The summed E-state index contributed by atoms with van der Waals surface area (Å²) in [6.45, 7) is 6.57. The molecule has 0 unspecified atom stereocenters. The zero-order valence-corrected chi connectivity index (χ0v) is 10.8. The molecule has 1 aromatic rings. The van der Waals surface area contributed by atoms with Gasteiger partial charge in [0, 0.05) is 28.4 Å². The first-order valence-electron chi connectivity index (χ1n) is 4.41. The van der Waals surface area contributed by atoms with Crippen molar-refractivity contribution in [1.29, 1.82) is 0 Å². The van der Waals surface area contributed by atoms with E-state index in [0.717, 1.165) is 0 Å². The molecule has 0 fully saturated rings. The number of rotatable bonds is 2. The van der Waals surface area contributed by atoms with Crippen LogP contribution >= 0.6 is 22.9 Å². The fraction of sp³-hybridized carbons (Fsp3) is 0.455. The van der Waals surface area contributed by atoms with Crippen LogP contribution in [0.1, 0.15) is 25.0 Å². The topological polar surface area (TPSA) is 3.24 Å². The first-order chi connectivity index (χ1) is 5.94. The third-order valence-electron chi connectivity index (χ3n) is 2.53. The number of aryl methyl sites for hydroxylation is 1. The Labute approximate surface area is 94.6 Å². The molecule has 0 saturated heterocycles. The Morgan fingerprint density at radius 1 is 1.15 bits per heavy atom. The molecule has 0 radical (unpaired) electrons. The van der Waals surface area contributed by atoms with Gasteiger partial charge in [-0.3, -0.25) is 0 Å². The molecule has 0 amide bonds. The average Bonchev–Trinajstić information content (AvgIpc) is 2.04. The summed E-state index contributed by atoms with van der Waals surface area (Å²) in [5.74, 6) is 0. The van der Waals surface area contributed by atoms with Gasteiger partial charge in [-0.2, -0.15) is 0 Å². The van der Waals surface area contributed by atoms with Crippen molar-refractivity contribution in [2.75, 3.05) is 7.05 Å². The Morgan fingerprint density at radius 2 is 1.62 bits per heavy atom. The summed E-state index contributed by atoms with van der Waals surface area (Å²) in [5.41, 5.74) is 2.78. The Hall–Kier alpha value is -0.0900. The number of hydrogen-bond acceptors (Lipinski definition) is 1. The largest absolute Gasteiger partial charge is 0.241 e. The van der Waals surface area contributed by atoms with Crippen LogP contribution < -0.4 is 0 Å². The molecule has 72 valence electrons. The van der Waals surface area contributed by atoms with Crippen molar-refractivity contribution in [3.63, 3.8) is 0 Å². The lowest BCUT2D eigenvalue weighted by atomic mass is 9.94. The Balaban J connectivity index is 3.01. The minimum Gasteiger partial charge on any atom is -0.241 e. The predicted molar refractivity (Wildman–Crippen MR) is 66.0 cm³/mol. The average molecular weight is 289 g/mol. The molecular formula is C11H16IN. The normalized spacial score (nSPS) is 12.2. The Kier molecular flexibility index (Phi) is 3.35. The van der Waals surface area contributed by atoms with Crippen LogP contribution in [-0.4, -0.2) is 10.2 Å². The highest BCUT2D eigenvalue weighted by Gasteiger charge is 2.23. The van der Waals surface area contributed by atoms with Gasteiger partial charge in [-0.1, -0.05) is 29.8 Å². The molecule has 0 aliphatic rings. The summed E-state index contributed by atoms with van der Waals surface area (Å²) in [4.78, 5) is 0. The molecule has 0 spiro atoms. The van der Waals surface area contributed by atoms with E-state index in [1.807, 2.05) is 0 Å². The monoisotopic (exact) mass is 289 g/mol. The fourth-order valence-electron chi connectivity index (χ4n) is 1.14. The molecule has 0 aliphatic carbocycles. The van der Waals surface area contributed by atoms with Gasteiger partial charge in [0.2, 0.25) is 0 Å². The first-order valence-corrected chi connectivity index (χ1v) is 5.38. The zero-order chi connectivity index (χ0) is 10.1. The number of benzene rings is 1. The van der Waals surface area contributed by atoms with Crippen LogP contribution in [0.15, 0.2) is 24.3 Å². The van der Waals surface area contributed by atoms with Gasteiger partial charge in [0.15, 0.2) is 0 Å². The van der Waals surface area contributed by atoms with Gasteiger partial charge in [0.25, 0.3) is 0 Å². The van der Waals surface area contributed by atoms with Crippen LogP contribution in [0.25, 0.3) is 0 Å². The van der Waals surface area contributed by atoms with Crippen molar-refractivity contribution in [2.45, 2.75) is 26.3 Å². The van der Waals surface area contributed by atoms with Crippen LogP contribution in [0.3, 0.4) is 0 Å². The minimum atomic E-state index is 0.105. The molecular weight excluding hydrogens is 273 g/mol. The summed E-state index contributed by atoms with van der Waals surface area (Å²) in [6, 6.07) is 8.73. The van der Waals surface area contributed by atoms with E-state index in [2.05, 4.69) is 78.1 Å². The molecule has 1 nitrogen and oxygen atoms in total. The summed E-state index contributed by atoms with van der Waals surface area (Å²) in [7, 11) is 2.10. The summed E-state index contributed by atoms with van der Waals surface area (Å²) in [6.07, 6.45) is 0. The van der Waals surface area contributed by atoms with Gasteiger partial charge in [-0.05, 0) is 33.4 Å².